The number of nitrogens with one attached hydrogen (secondary N) is 1. The van der Waals surface area contributed by atoms with Crippen molar-refractivity contribution in [2.75, 3.05) is 19.0 Å². The Morgan fingerprint density at radius 2 is 2.00 bits per heavy atom. The summed E-state index contributed by atoms with van der Waals surface area (Å²) >= 11 is 1.99. The summed E-state index contributed by atoms with van der Waals surface area (Å²) in [6.07, 6.45) is 3.44. The van der Waals surface area contributed by atoms with E-state index < -0.39 is 0 Å². The molecule has 1 aromatic carbocycles. The molecule has 1 unspecified atom stereocenters. The minimum Gasteiger partial charge on any atom is -0.489 e. The summed E-state index contributed by atoms with van der Waals surface area (Å²) in [5, 5.41) is 0.522. The van der Waals surface area contributed by atoms with Gasteiger partial charge in [-0.25, -0.2) is 4.98 Å². The van der Waals surface area contributed by atoms with Gasteiger partial charge in [-0.05, 0) is 18.6 Å². The summed E-state index contributed by atoms with van der Waals surface area (Å²) in [7, 11) is 0. The Balaban J connectivity index is 1.76. The van der Waals surface area contributed by atoms with Gasteiger partial charge in [0.05, 0.1) is 29.5 Å². The normalized spacial score (nSPS) is 22.6. The van der Waals surface area contributed by atoms with Crippen molar-refractivity contribution in [1.29, 1.82) is 0 Å². The number of H-pyrrole nitrogens is 1. The van der Waals surface area contributed by atoms with Crippen LogP contribution in [0, 0.1) is 0 Å². The average Bonchev–Trinajstić information content (AvgIpc) is 3.01. The molecule has 0 spiro atoms. The van der Waals surface area contributed by atoms with E-state index in [0.717, 1.165) is 41.4 Å². The summed E-state index contributed by atoms with van der Waals surface area (Å²) in [6.45, 7) is 1.44. The number of nitrogens with zero attached hydrogens (tertiary/aromatic N) is 1. The number of aromatic nitrogens is 2. The highest BCUT2D eigenvalue weighted by Crippen LogP contribution is 2.40. The lowest BCUT2D eigenvalue weighted by Gasteiger charge is -2.05. The van der Waals surface area contributed by atoms with Gasteiger partial charge < -0.3 is 14.5 Å². The number of hydrogen-bond acceptors (Lipinski definition) is 4. The van der Waals surface area contributed by atoms with Crippen LogP contribution in [0.25, 0.3) is 11.0 Å². The quantitative estimate of drug-likeness (QED) is 0.868. The van der Waals surface area contributed by atoms with Gasteiger partial charge in [0, 0.05) is 18.6 Å². The Morgan fingerprint density at radius 3 is 2.79 bits per heavy atom. The smallest absolute Gasteiger partial charge is 0.163 e. The minimum absolute atomic E-state index is 0.522. The molecule has 2 aliphatic rings. The molecule has 19 heavy (non-hydrogen) atoms. The average molecular weight is 276 g/mol. The Morgan fingerprint density at radius 1 is 1.16 bits per heavy atom. The first-order valence-electron chi connectivity index (χ1n) is 6.81. The third kappa shape index (κ3) is 2.06. The molecule has 0 radical (unpaired) electrons. The molecule has 0 aliphatic carbocycles. The monoisotopic (exact) mass is 276 g/mol. The van der Waals surface area contributed by atoms with Gasteiger partial charge in [0.1, 0.15) is 5.82 Å². The number of rotatable bonds is 1. The van der Waals surface area contributed by atoms with Crippen LogP contribution in [-0.2, 0) is 0 Å². The Bertz CT molecular complexity index is 562. The van der Waals surface area contributed by atoms with E-state index in [1.807, 2.05) is 23.9 Å². The number of imidazole rings is 1. The van der Waals surface area contributed by atoms with Gasteiger partial charge in [0.2, 0.25) is 0 Å². The fourth-order valence-electron chi connectivity index (χ4n) is 2.63. The van der Waals surface area contributed by atoms with Crippen molar-refractivity contribution < 1.29 is 9.47 Å². The molecule has 1 atom stereocenters. The highest BCUT2D eigenvalue weighted by atomic mass is 32.2. The number of hydrogen-bond donors (Lipinski definition) is 1. The third-order valence-electron chi connectivity index (χ3n) is 3.60. The molecular weight excluding hydrogens is 260 g/mol. The van der Waals surface area contributed by atoms with Crippen LogP contribution in [0.15, 0.2) is 12.1 Å². The van der Waals surface area contributed by atoms with Gasteiger partial charge in [0.25, 0.3) is 0 Å². The van der Waals surface area contributed by atoms with E-state index in [4.69, 9.17) is 14.5 Å². The van der Waals surface area contributed by atoms with Gasteiger partial charge in [-0.15, -0.1) is 0 Å². The lowest BCUT2D eigenvalue weighted by Crippen LogP contribution is -1.97. The minimum atomic E-state index is 0.522. The zero-order valence-electron chi connectivity index (χ0n) is 10.6. The van der Waals surface area contributed by atoms with Crippen molar-refractivity contribution in [3.05, 3.63) is 18.0 Å². The molecule has 5 heteroatoms. The molecule has 4 nitrogen and oxygen atoms in total. The maximum atomic E-state index is 5.71. The van der Waals surface area contributed by atoms with Crippen LogP contribution in [0.3, 0.4) is 0 Å². The molecular formula is C14H16N2O2S. The molecule has 1 saturated heterocycles. The molecule has 0 bridgehead atoms. The molecule has 0 amide bonds. The zero-order chi connectivity index (χ0) is 12.7. The highest BCUT2D eigenvalue weighted by molar-refractivity contribution is 7.99. The van der Waals surface area contributed by atoms with Crippen molar-refractivity contribution in [2.24, 2.45) is 0 Å². The summed E-state index contributed by atoms with van der Waals surface area (Å²) in [5.41, 5.74) is 2.03. The van der Waals surface area contributed by atoms with Crippen molar-refractivity contribution in [2.45, 2.75) is 24.5 Å². The van der Waals surface area contributed by atoms with E-state index in [-0.39, 0.29) is 0 Å². The predicted octanol–water partition coefficient (Wildman–Crippen LogP) is 3.29. The number of aromatic amines is 1. The third-order valence-corrected chi connectivity index (χ3v) is 4.99. The van der Waals surface area contributed by atoms with Crippen LogP contribution >= 0.6 is 11.8 Å². The highest BCUT2D eigenvalue weighted by Gasteiger charge is 2.22. The van der Waals surface area contributed by atoms with E-state index in [2.05, 4.69) is 4.98 Å². The SMILES string of the molecule is c1c2c(cc3[nH]c(C4CCCS4)nc13)OCCCO2. The van der Waals surface area contributed by atoms with E-state index >= 15 is 0 Å². The first-order valence-corrected chi connectivity index (χ1v) is 7.86. The number of thioether (sulfide) groups is 1. The van der Waals surface area contributed by atoms with Crippen molar-refractivity contribution in [1.82, 2.24) is 9.97 Å². The zero-order valence-corrected chi connectivity index (χ0v) is 11.5. The van der Waals surface area contributed by atoms with E-state index in [0.29, 0.717) is 11.9 Å². The van der Waals surface area contributed by atoms with Gasteiger partial charge in [-0.2, -0.15) is 11.8 Å². The molecule has 1 aromatic heterocycles. The second-order valence-electron chi connectivity index (χ2n) is 4.99. The Kier molecular flexibility index (Phi) is 2.80. The van der Waals surface area contributed by atoms with Crippen LogP contribution in [0.2, 0.25) is 0 Å². The van der Waals surface area contributed by atoms with Crippen LogP contribution in [0.4, 0.5) is 0 Å². The fraction of sp³-hybridized carbons (Fsp3) is 0.500. The standard InChI is InChI=1S/C14H16N2O2S/c1-3-13(19-6-1)14-15-9-7-11-12(8-10(9)16-14)18-5-2-4-17-11/h7-8,13H,1-6H2,(H,15,16). The Hall–Kier alpha value is -1.36. The van der Waals surface area contributed by atoms with Gasteiger partial charge in [0.15, 0.2) is 11.5 Å². The maximum absolute atomic E-state index is 5.71. The number of benzene rings is 1. The van der Waals surface area contributed by atoms with Crippen molar-refractivity contribution >= 4 is 22.8 Å². The van der Waals surface area contributed by atoms with Crippen LogP contribution in [0.1, 0.15) is 30.3 Å². The molecule has 1 fully saturated rings. The summed E-state index contributed by atoms with van der Waals surface area (Å²) in [5.74, 6) is 3.99. The number of ether oxygens (including phenoxy) is 2. The second kappa shape index (κ2) is 4.63. The van der Waals surface area contributed by atoms with Crippen molar-refractivity contribution in [3.8, 4) is 11.5 Å². The first-order chi connectivity index (χ1) is 9.40. The topological polar surface area (TPSA) is 47.1 Å². The molecule has 2 aromatic rings. The summed E-state index contributed by atoms with van der Waals surface area (Å²) < 4.78 is 11.4. The summed E-state index contributed by atoms with van der Waals surface area (Å²) in [4.78, 5) is 8.16. The van der Waals surface area contributed by atoms with Crippen LogP contribution in [0.5, 0.6) is 11.5 Å². The Labute approximate surface area is 115 Å². The van der Waals surface area contributed by atoms with Crippen molar-refractivity contribution in [3.63, 3.8) is 0 Å². The first kappa shape index (κ1) is 11.5. The summed E-state index contributed by atoms with van der Waals surface area (Å²) in [6, 6.07) is 4.02. The van der Waals surface area contributed by atoms with E-state index in [9.17, 15) is 0 Å². The lowest BCUT2D eigenvalue weighted by atomic mass is 10.2. The molecule has 0 saturated carbocycles. The van der Waals surface area contributed by atoms with Gasteiger partial charge in [-0.3, -0.25) is 0 Å². The van der Waals surface area contributed by atoms with Crippen LogP contribution in [-0.4, -0.2) is 28.9 Å². The second-order valence-corrected chi connectivity index (χ2v) is 6.30. The predicted molar refractivity (Wildman–Crippen MR) is 76.1 cm³/mol. The van der Waals surface area contributed by atoms with Gasteiger partial charge >= 0.3 is 0 Å². The molecule has 100 valence electrons. The molecule has 2 aliphatic heterocycles. The van der Waals surface area contributed by atoms with Gasteiger partial charge in [-0.1, -0.05) is 0 Å². The largest absolute Gasteiger partial charge is 0.489 e. The van der Waals surface area contributed by atoms with E-state index in [1.165, 1.54) is 18.6 Å². The lowest BCUT2D eigenvalue weighted by molar-refractivity contribution is 0.297. The van der Waals surface area contributed by atoms with E-state index in [1.54, 1.807) is 0 Å². The van der Waals surface area contributed by atoms with Crippen LogP contribution < -0.4 is 9.47 Å². The maximum Gasteiger partial charge on any atom is 0.163 e. The molecule has 1 N–H and O–H groups in total. The fourth-order valence-corrected chi connectivity index (χ4v) is 3.85. The molecule has 4 rings (SSSR count). The number of fused-ring (bicyclic) bond motifs is 2. The molecule has 3 heterocycles.